The first-order valence-corrected chi connectivity index (χ1v) is 6.38. The van der Waals surface area contributed by atoms with Crippen LogP contribution in [0.4, 0.5) is 0 Å². The predicted octanol–water partition coefficient (Wildman–Crippen LogP) is 1.38. The Morgan fingerprint density at radius 2 is 2.47 bits per heavy atom. The van der Waals surface area contributed by atoms with Crippen LogP contribution in [0.1, 0.15) is 10.6 Å². The van der Waals surface area contributed by atoms with Crippen molar-refractivity contribution in [3.05, 3.63) is 40.6 Å². The molecule has 0 unspecified atom stereocenters. The molecule has 0 aliphatic heterocycles. The van der Waals surface area contributed by atoms with Crippen molar-refractivity contribution < 1.29 is 4.79 Å². The molecule has 5 heteroatoms. The third-order valence-corrected chi connectivity index (χ3v) is 3.25. The summed E-state index contributed by atoms with van der Waals surface area (Å²) in [6.45, 7) is 0.640. The summed E-state index contributed by atoms with van der Waals surface area (Å²) in [6, 6.07) is 3.93. The molecule has 0 radical (unpaired) electrons. The van der Waals surface area contributed by atoms with E-state index in [4.69, 9.17) is 0 Å². The van der Waals surface area contributed by atoms with Crippen LogP contribution in [0.5, 0.6) is 0 Å². The predicted molar refractivity (Wildman–Crippen MR) is 67.9 cm³/mol. The van der Waals surface area contributed by atoms with E-state index in [1.807, 2.05) is 35.3 Å². The molecule has 0 bridgehead atoms. The average Bonchev–Trinajstić information content (AvgIpc) is 2.90. The number of thiophene rings is 1. The Balaban J connectivity index is 1.70. The molecule has 1 N–H and O–H groups in total. The lowest BCUT2D eigenvalue weighted by atomic mass is 10.3. The van der Waals surface area contributed by atoms with Crippen molar-refractivity contribution in [2.45, 2.75) is 12.8 Å². The summed E-state index contributed by atoms with van der Waals surface area (Å²) >= 11 is 1.61. The third kappa shape index (κ3) is 3.71. The van der Waals surface area contributed by atoms with Crippen LogP contribution in [0.2, 0.25) is 0 Å². The lowest BCUT2D eigenvalue weighted by molar-refractivity contribution is -0.120. The van der Waals surface area contributed by atoms with Gasteiger partial charge < -0.3 is 9.88 Å². The van der Waals surface area contributed by atoms with Gasteiger partial charge in [0.05, 0.1) is 18.4 Å². The first-order valence-electron chi connectivity index (χ1n) is 5.50. The number of aryl methyl sites for hydroxylation is 1. The van der Waals surface area contributed by atoms with Gasteiger partial charge in [0, 0.05) is 31.1 Å². The lowest BCUT2D eigenvalue weighted by Gasteiger charge is -2.02. The summed E-state index contributed by atoms with van der Waals surface area (Å²) in [7, 11) is 1.94. The van der Waals surface area contributed by atoms with E-state index < -0.39 is 0 Å². The summed E-state index contributed by atoms with van der Waals surface area (Å²) in [5, 5.41) is 4.88. The normalized spacial score (nSPS) is 10.4. The number of hydrogen-bond acceptors (Lipinski definition) is 3. The number of carbonyl (C=O) groups is 1. The van der Waals surface area contributed by atoms with Crippen LogP contribution in [0.3, 0.4) is 0 Å². The SMILES string of the molecule is Cn1cnc(CCNC(=O)Cc2cccs2)c1. The van der Waals surface area contributed by atoms with Gasteiger partial charge in [0.25, 0.3) is 0 Å². The molecule has 0 aliphatic rings. The molecule has 0 aromatic carbocycles. The summed E-state index contributed by atoms with van der Waals surface area (Å²) in [5.41, 5.74) is 1.00. The Hall–Kier alpha value is -1.62. The molecule has 2 heterocycles. The molecule has 0 spiro atoms. The van der Waals surface area contributed by atoms with Gasteiger partial charge in [-0.1, -0.05) is 6.07 Å². The van der Waals surface area contributed by atoms with Crippen LogP contribution in [-0.4, -0.2) is 22.0 Å². The van der Waals surface area contributed by atoms with E-state index >= 15 is 0 Å². The lowest BCUT2D eigenvalue weighted by Crippen LogP contribution is -2.27. The molecule has 1 amide bonds. The van der Waals surface area contributed by atoms with Crippen molar-refractivity contribution in [2.24, 2.45) is 7.05 Å². The van der Waals surface area contributed by atoms with Gasteiger partial charge in [-0.05, 0) is 11.4 Å². The zero-order valence-electron chi connectivity index (χ0n) is 9.72. The average molecular weight is 249 g/mol. The molecule has 0 fully saturated rings. The van der Waals surface area contributed by atoms with Gasteiger partial charge in [-0.15, -0.1) is 11.3 Å². The van der Waals surface area contributed by atoms with E-state index in [9.17, 15) is 4.79 Å². The minimum absolute atomic E-state index is 0.0726. The molecule has 2 aromatic heterocycles. The van der Waals surface area contributed by atoms with Gasteiger partial charge >= 0.3 is 0 Å². The summed E-state index contributed by atoms with van der Waals surface area (Å²) in [5.74, 6) is 0.0726. The number of rotatable bonds is 5. The molecule has 0 atom stereocenters. The fourth-order valence-corrected chi connectivity index (χ4v) is 2.26. The van der Waals surface area contributed by atoms with Gasteiger partial charge in [0.15, 0.2) is 0 Å². The monoisotopic (exact) mass is 249 g/mol. The van der Waals surface area contributed by atoms with E-state index in [1.54, 1.807) is 17.7 Å². The van der Waals surface area contributed by atoms with Crippen LogP contribution < -0.4 is 5.32 Å². The molecular weight excluding hydrogens is 234 g/mol. The molecule has 0 aliphatic carbocycles. The number of carbonyl (C=O) groups excluding carboxylic acids is 1. The Kier molecular flexibility index (Phi) is 3.93. The maximum absolute atomic E-state index is 11.6. The summed E-state index contributed by atoms with van der Waals surface area (Å²) < 4.78 is 1.91. The number of amides is 1. The standard InChI is InChI=1S/C12H15N3OS/c1-15-8-10(14-9-15)4-5-13-12(16)7-11-3-2-6-17-11/h2-3,6,8-9H,4-5,7H2,1H3,(H,13,16). The van der Waals surface area contributed by atoms with E-state index in [1.165, 1.54) is 0 Å². The molecule has 2 rings (SSSR count). The first-order chi connectivity index (χ1) is 8.24. The highest BCUT2D eigenvalue weighted by atomic mass is 32.1. The smallest absolute Gasteiger partial charge is 0.225 e. The topological polar surface area (TPSA) is 46.9 Å². The van der Waals surface area contributed by atoms with E-state index in [0.717, 1.165) is 17.0 Å². The van der Waals surface area contributed by atoms with E-state index in [2.05, 4.69) is 10.3 Å². The highest BCUT2D eigenvalue weighted by molar-refractivity contribution is 7.10. The van der Waals surface area contributed by atoms with Crippen molar-refractivity contribution in [3.8, 4) is 0 Å². The molecule has 4 nitrogen and oxygen atoms in total. The van der Waals surface area contributed by atoms with Gasteiger partial charge in [0.1, 0.15) is 0 Å². The zero-order valence-corrected chi connectivity index (χ0v) is 10.5. The highest BCUT2D eigenvalue weighted by Gasteiger charge is 2.04. The molecular formula is C12H15N3OS. The van der Waals surface area contributed by atoms with Crippen molar-refractivity contribution in [1.29, 1.82) is 0 Å². The van der Waals surface area contributed by atoms with E-state index in [-0.39, 0.29) is 5.91 Å². The van der Waals surface area contributed by atoms with Crippen LogP contribution in [0.25, 0.3) is 0 Å². The van der Waals surface area contributed by atoms with Crippen molar-refractivity contribution >= 4 is 17.2 Å². The van der Waals surface area contributed by atoms with Gasteiger partial charge in [-0.3, -0.25) is 4.79 Å². The largest absolute Gasteiger partial charge is 0.355 e. The number of aromatic nitrogens is 2. The Morgan fingerprint density at radius 3 is 3.12 bits per heavy atom. The molecule has 2 aromatic rings. The fourth-order valence-electron chi connectivity index (χ4n) is 1.56. The van der Waals surface area contributed by atoms with Crippen LogP contribution in [0, 0.1) is 0 Å². The van der Waals surface area contributed by atoms with Crippen LogP contribution >= 0.6 is 11.3 Å². The maximum Gasteiger partial charge on any atom is 0.225 e. The highest BCUT2D eigenvalue weighted by Crippen LogP contribution is 2.08. The van der Waals surface area contributed by atoms with Gasteiger partial charge in [0.2, 0.25) is 5.91 Å². The van der Waals surface area contributed by atoms with Crippen molar-refractivity contribution in [3.63, 3.8) is 0 Å². The van der Waals surface area contributed by atoms with Crippen LogP contribution in [-0.2, 0) is 24.7 Å². The second-order valence-electron chi connectivity index (χ2n) is 3.89. The minimum Gasteiger partial charge on any atom is -0.355 e. The minimum atomic E-state index is 0.0726. The number of imidazole rings is 1. The molecule has 17 heavy (non-hydrogen) atoms. The quantitative estimate of drug-likeness (QED) is 0.870. The second-order valence-corrected chi connectivity index (χ2v) is 4.92. The summed E-state index contributed by atoms with van der Waals surface area (Å²) in [6.07, 6.45) is 4.98. The van der Waals surface area contributed by atoms with Gasteiger partial charge in [-0.2, -0.15) is 0 Å². The Labute approximate surface area is 104 Å². The molecule has 90 valence electrons. The second kappa shape index (κ2) is 5.63. The Morgan fingerprint density at radius 1 is 1.59 bits per heavy atom. The zero-order chi connectivity index (χ0) is 12.1. The fraction of sp³-hybridized carbons (Fsp3) is 0.333. The molecule has 0 saturated heterocycles. The van der Waals surface area contributed by atoms with Gasteiger partial charge in [-0.25, -0.2) is 4.98 Å². The number of hydrogen-bond donors (Lipinski definition) is 1. The summed E-state index contributed by atoms with van der Waals surface area (Å²) in [4.78, 5) is 16.9. The third-order valence-electron chi connectivity index (χ3n) is 2.38. The number of nitrogens with zero attached hydrogens (tertiary/aromatic N) is 2. The maximum atomic E-state index is 11.6. The molecule has 0 saturated carbocycles. The first kappa shape index (κ1) is 11.9. The van der Waals surface area contributed by atoms with Crippen molar-refractivity contribution in [2.75, 3.05) is 6.54 Å². The van der Waals surface area contributed by atoms with Crippen LogP contribution in [0.15, 0.2) is 30.0 Å². The Bertz CT molecular complexity index is 476. The van der Waals surface area contributed by atoms with Crippen molar-refractivity contribution in [1.82, 2.24) is 14.9 Å². The van der Waals surface area contributed by atoms with E-state index in [0.29, 0.717) is 13.0 Å². The number of nitrogens with one attached hydrogen (secondary N) is 1.